The average Bonchev–Trinajstić information content (AvgIpc) is 3.01. The highest BCUT2D eigenvalue weighted by atomic mass is 16.5. The summed E-state index contributed by atoms with van der Waals surface area (Å²) >= 11 is 0. The van der Waals surface area contributed by atoms with Gasteiger partial charge in [0, 0.05) is 6.54 Å². The Balaban J connectivity index is 1.98. The van der Waals surface area contributed by atoms with Gasteiger partial charge < -0.3 is 23.9 Å². The number of hydrogen-bond acceptors (Lipinski definition) is 6. The first-order chi connectivity index (χ1) is 14.9. The SMILES string of the molecule is CCOc1ccc(C2c3c(oc4cc(C)cc(C)c4c3=O)C(=O)N2CCO)cc1OC. The second-order valence-corrected chi connectivity index (χ2v) is 7.60. The molecular formula is C24H25NO6. The lowest BCUT2D eigenvalue weighted by atomic mass is 9.96. The third-order valence-corrected chi connectivity index (χ3v) is 5.56. The number of carbonyl (C=O) groups excluding carboxylic acids is 1. The fraction of sp³-hybridized carbons (Fsp3) is 0.333. The fourth-order valence-electron chi connectivity index (χ4n) is 4.33. The van der Waals surface area contributed by atoms with Crippen molar-refractivity contribution in [3.05, 3.63) is 68.6 Å². The van der Waals surface area contributed by atoms with E-state index in [0.717, 1.165) is 11.1 Å². The number of aliphatic hydroxyl groups is 1. The Bertz CT molecular complexity index is 1230. The molecule has 7 nitrogen and oxygen atoms in total. The van der Waals surface area contributed by atoms with Crippen LogP contribution in [0.25, 0.3) is 11.0 Å². The first kappa shape index (κ1) is 20.9. The lowest BCUT2D eigenvalue weighted by Gasteiger charge is -2.25. The van der Waals surface area contributed by atoms with E-state index in [4.69, 9.17) is 13.9 Å². The van der Waals surface area contributed by atoms with Gasteiger partial charge in [-0.1, -0.05) is 12.1 Å². The van der Waals surface area contributed by atoms with Crippen LogP contribution in [0.3, 0.4) is 0 Å². The lowest BCUT2D eigenvalue weighted by Crippen LogP contribution is -2.32. The average molecular weight is 423 g/mol. The molecule has 1 aliphatic rings. The molecule has 1 atom stereocenters. The Morgan fingerprint density at radius 3 is 2.58 bits per heavy atom. The van der Waals surface area contributed by atoms with E-state index >= 15 is 0 Å². The normalized spacial score (nSPS) is 15.5. The number of amides is 1. The number of β-amino-alcohol motifs (C(OH)–C–C–N with tert-alkyl or cyclic N) is 1. The first-order valence-corrected chi connectivity index (χ1v) is 10.2. The van der Waals surface area contributed by atoms with Crippen LogP contribution in [0.4, 0.5) is 0 Å². The van der Waals surface area contributed by atoms with E-state index in [9.17, 15) is 14.7 Å². The summed E-state index contributed by atoms with van der Waals surface area (Å²) in [5, 5.41) is 10.1. The molecule has 0 saturated heterocycles. The molecule has 0 radical (unpaired) electrons. The predicted octanol–water partition coefficient (Wildman–Crippen LogP) is 3.35. The van der Waals surface area contributed by atoms with E-state index in [0.29, 0.717) is 34.6 Å². The van der Waals surface area contributed by atoms with Crippen LogP contribution in [-0.4, -0.2) is 42.8 Å². The van der Waals surface area contributed by atoms with Crippen molar-refractivity contribution in [1.29, 1.82) is 0 Å². The molecule has 0 fully saturated rings. The highest BCUT2D eigenvalue weighted by Gasteiger charge is 2.42. The van der Waals surface area contributed by atoms with Gasteiger partial charge in [-0.2, -0.15) is 0 Å². The third-order valence-electron chi connectivity index (χ3n) is 5.56. The molecule has 1 N–H and O–H groups in total. The Hall–Kier alpha value is -3.32. The van der Waals surface area contributed by atoms with E-state index in [-0.39, 0.29) is 29.9 Å². The second kappa shape index (κ2) is 8.07. The van der Waals surface area contributed by atoms with E-state index in [1.807, 2.05) is 26.8 Å². The number of carbonyl (C=O) groups is 1. The molecule has 4 rings (SSSR count). The zero-order chi connectivity index (χ0) is 22.3. The van der Waals surface area contributed by atoms with Gasteiger partial charge in [0.15, 0.2) is 16.9 Å². The standard InChI is InChI=1S/C24H25NO6/c1-5-30-16-7-6-15(12-17(16)29-4)21-20-22(27)19-14(3)10-13(2)11-18(19)31-23(20)24(28)25(21)8-9-26/h6-7,10-12,21,26H,5,8-9H2,1-4H3. The number of benzene rings is 2. The molecular weight excluding hydrogens is 398 g/mol. The molecule has 1 amide bonds. The number of methoxy groups -OCH3 is 1. The van der Waals surface area contributed by atoms with Gasteiger partial charge in [-0.25, -0.2) is 0 Å². The largest absolute Gasteiger partial charge is 0.493 e. The van der Waals surface area contributed by atoms with Gasteiger partial charge in [-0.15, -0.1) is 0 Å². The number of nitrogens with zero attached hydrogens (tertiary/aromatic N) is 1. The van der Waals surface area contributed by atoms with E-state index < -0.39 is 11.9 Å². The monoisotopic (exact) mass is 423 g/mol. The minimum atomic E-state index is -0.694. The quantitative estimate of drug-likeness (QED) is 0.654. The highest BCUT2D eigenvalue weighted by molar-refractivity contribution is 5.99. The van der Waals surface area contributed by atoms with E-state index in [1.165, 1.54) is 12.0 Å². The molecule has 2 aromatic carbocycles. The zero-order valence-corrected chi connectivity index (χ0v) is 18.0. The van der Waals surface area contributed by atoms with Gasteiger partial charge in [0.1, 0.15) is 5.58 Å². The van der Waals surface area contributed by atoms with Crippen LogP contribution in [0.1, 0.15) is 45.8 Å². The summed E-state index contributed by atoms with van der Waals surface area (Å²) in [4.78, 5) is 28.2. The molecule has 31 heavy (non-hydrogen) atoms. The Kier molecular flexibility index (Phi) is 5.45. The van der Waals surface area contributed by atoms with Crippen molar-refractivity contribution in [3.63, 3.8) is 0 Å². The molecule has 1 aliphatic heterocycles. The van der Waals surface area contributed by atoms with Crippen molar-refractivity contribution in [2.45, 2.75) is 26.8 Å². The molecule has 2 heterocycles. The Morgan fingerprint density at radius 2 is 1.90 bits per heavy atom. The van der Waals surface area contributed by atoms with Gasteiger partial charge in [-0.05, 0) is 55.7 Å². The fourth-order valence-corrected chi connectivity index (χ4v) is 4.33. The van der Waals surface area contributed by atoms with E-state index in [2.05, 4.69) is 0 Å². The molecule has 0 aliphatic carbocycles. The predicted molar refractivity (Wildman–Crippen MR) is 116 cm³/mol. The number of aliphatic hydroxyl groups excluding tert-OH is 1. The summed E-state index contributed by atoms with van der Waals surface area (Å²) in [6, 6.07) is 8.31. The van der Waals surface area contributed by atoms with Crippen LogP contribution >= 0.6 is 0 Å². The smallest absolute Gasteiger partial charge is 0.290 e. The molecule has 7 heteroatoms. The molecule has 1 aromatic heterocycles. The third kappa shape index (κ3) is 3.35. The van der Waals surface area contributed by atoms with Crippen LogP contribution in [-0.2, 0) is 0 Å². The maximum absolute atomic E-state index is 13.6. The van der Waals surface area contributed by atoms with Crippen molar-refractivity contribution in [1.82, 2.24) is 4.90 Å². The van der Waals surface area contributed by atoms with E-state index in [1.54, 1.807) is 24.3 Å². The van der Waals surface area contributed by atoms with Gasteiger partial charge in [0.25, 0.3) is 5.91 Å². The Labute approximate surface area is 179 Å². The Morgan fingerprint density at radius 1 is 1.13 bits per heavy atom. The number of ether oxygens (including phenoxy) is 2. The highest BCUT2D eigenvalue weighted by Crippen LogP contribution is 2.41. The van der Waals surface area contributed by atoms with Crippen molar-refractivity contribution in [2.24, 2.45) is 0 Å². The van der Waals surface area contributed by atoms with Crippen LogP contribution in [0.15, 0.2) is 39.5 Å². The maximum atomic E-state index is 13.6. The summed E-state index contributed by atoms with van der Waals surface area (Å²) in [5.74, 6) is 0.680. The molecule has 0 bridgehead atoms. The van der Waals surface area contributed by atoms with Crippen molar-refractivity contribution < 1.29 is 23.8 Å². The topological polar surface area (TPSA) is 89.2 Å². The summed E-state index contributed by atoms with van der Waals surface area (Å²) in [6.07, 6.45) is 0. The number of rotatable bonds is 6. The van der Waals surface area contributed by atoms with Crippen LogP contribution < -0.4 is 14.9 Å². The van der Waals surface area contributed by atoms with Crippen molar-refractivity contribution >= 4 is 16.9 Å². The molecule has 0 saturated carbocycles. The maximum Gasteiger partial charge on any atom is 0.290 e. The van der Waals surface area contributed by atoms with Gasteiger partial charge in [-0.3, -0.25) is 9.59 Å². The van der Waals surface area contributed by atoms with Gasteiger partial charge in [0.2, 0.25) is 5.76 Å². The number of fused-ring (bicyclic) bond motifs is 2. The first-order valence-electron chi connectivity index (χ1n) is 10.2. The summed E-state index contributed by atoms with van der Waals surface area (Å²) in [7, 11) is 1.54. The van der Waals surface area contributed by atoms with Crippen LogP contribution in [0.2, 0.25) is 0 Å². The lowest BCUT2D eigenvalue weighted by molar-refractivity contribution is 0.0691. The molecule has 3 aromatic rings. The van der Waals surface area contributed by atoms with Gasteiger partial charge >= 0.3 is 0 Å². The van der Waals surface area contributed by atoms with Crippen LogP contribution in [0.5, 0.6) is 11.5 Å². The second-order valence-electron chi connectivity index (χ2n) is 7.60. The molecule has 162 valence electrons. The minimum Gasteiger partial charge on any atom is -0.493 e. The molecule has 1 unspecified atom stereocenters. The summed E-state index contributed by atoms with van der Waals surface area (Å²) < 4.78 is 17.0. The minimum absolute atomic E-state index is 0.0220. The molecule has 0 spiro atoms. The van der Waals surface area contributed by atoms with Crippen LogP contribution in [0, 0.1) is 13.8 Å². The number of hydrogen-bond donors (Lipinski definition) is 1. The van der Waals surface area contributed by atoms with Gasteiger partial charge in [0.05, 0.1) is 37.3 Å². The summed E-state index contributed by atoms with van der Waals surface area (Å²) in [5.41, 5.74) is 2.85. The number of aryl methyl sites for hydroxylation is 2. The summed E-state index contributed by atoms with van der Waals surface area (Å²) in [6.45, 7) is 5.95. The zero-order valence-electron chi connectivity index (χ0n) is 18.0. The van der Waals surface area contributed by atoms with Crippen molar-refractivity contribution in [3.8, 4) is 11.5 Å². The van der Waals surface area contributed by atoms with Crippen molar-refractivity contribution in [2.75, 3.05) is 26.9 Å².